The minimum absolute atomic E-state index is 0.111. The molecule has 0 aliphatic heterocycles. The normalized spacial score (nSPS) is 11.9. The van der Waals surface area contributed by atoms with Gasteiger partial charge >= 0.3 is 0 Å². The zero-order chi connectivity index (χ0) is 20.8. The molecule has 0 spiro atoms. The van der Waals surface area contributed by atoms with Crippen LogP contribution in [0.3, 0.4) is 0 Å². The number of nitrogens with zero attached hydrogens (tertiary/aromatic N) is 4. The number of aliphatic hydroxyl groups excluding tert-OH is 1. The van der Waals surface area contributed by atoms with Gasteiger partial charge in [-0.1, -0.05) is 42.5 Å². The van der Waals surface area contributed by atoms with Gasteiger partial charge in [-0.15, -0.1) is 0 Å². The fourth-order valence-electron chi connectivity index (χ4n) is 3.24. The van der Waals surface area contributed by atoms with E-state index in [-0.39, 0.29) is 12.5 Å². The Labute approximate surface area is 179 Å². The van der Waals surface area contributed by atoms with E-state index < -0.39 is 6.10 Å². The van der Waals surface area contributed by atoms with Gasteiger partial charge in [0.15, 0.2) is 0 Å². The number of carbonyl (C=O) groups is 1. The number of benzene rings is 2. The van der Waals surface area contributed by atoms with Gasteiger partial charge in [0.1, 0.15) is 12.7 Å². The fourth-order valence-corrected chi connectivity index (χ4v) is 3.95. The van der Waals surface area contributed by atoms with Crippen molar-refractivity contribution in [1.29, 1.82) is 0 Å². The summed E-state index contributed by atoms with van der Waals surface area (Å²) in [6, 6.07) is 19.2. The van der Waals surface area contributed by atoms with Crippen LogP contribution < -0.4 is 0 Å². The van der Waals surface area contributed by atoms with Crippen LogP contribution >= 0.6 is 11.3 Å². The van der Waals surface area contributed by atoms with Crippen molar-refractivity contribution in [3.63, 3.8) is 0 Å². The third-order valence-electron chi connectivity index (χ3n) is 4.84. The van der Waals surface area contributed by atoms with Crippen LogP contribution in [-0.2, 0) is 13.1 Å². The first-order valence-electron chi connectivity index (χ1n) is 9.64. The van der Waals surface area contributed by atoms with Gasteiger partial charge in [0, 0.05) is 12.1 Å². The molecule has 0 radical (unpaired) electrons. The summed E-state index contributed by atoms with van der Waals surface area (Å²) in [5.41, 5.74) is 3.47. The first kappa shape index (κ1) is 20.0. The lowest BCUT2D eigenvalue weighted by Gasteiger charge is -2.25. The molecule has 0 bridgehead atoms. The van der Waals surface area contributed by atoms with Crippen molar-refractivity contribution in [3.8, 4) is 0 Å². The van der Waals surface area contributed by atoms with Crippen LogP contribution in [-0.4, -0.2) is 37.2 Å². The zero-order valence-electron chi connectivity index (χ0n) is 16.3. The summed E-state index contributed by atoms with van der Waals surface area (Å²) >= 11 is 1.53. The Morgan fingerprint density at radius 3 is 2.53 bits per heavy atom. The molecule has 4 rings (SSSR count). The van der Waals surface area contributed by atoms with Crippen LogP contribution in [0.4, 0.5) is 0 Å². The van der Waals surface area contributed by atoms with Gasteiger partial charge in [-0.25, -0.2) is 9.67 Å². The molecule has 4 aromatic rings. The highest BCUT2D eigenvalue weighted by Gasteiger charge is 2.21. The fraction of sp³-hybridized carbons (Fsp3) is 0.174. The number of aliphatic hydroxyl groups is 1. The van der Waals surface area contributed by atoms with Gasteiger partial charge in [-0.05, 0) is 45.6 Å². The molecule has 2 heterocycles. The van der Waals surface area contributed by atoms with Crippen molar-refractivity contribution in [1.82, 2.24) is 19.7 Å². The molecule has 2 aromatic heterocycles. The Balaban J connectivity index is 1.51. The number of rotatable bonds is 8. The SMILES string of the molecule is O=C(c1ccc(Cn2cncn2)cc1)N(Cc1ccccc1)C[C@H](O)c1ccsc1. The zero-order valence-corrected chi connectivity index (χ0v) is 17.2. The van der Waals surface area contributed by atoms with Crippen molar-refractivity contribution in [2.75, 3.05) is 6.54 Å². The van der Waals surface area contributed by atoms with Gasteiger partial charge in [0.25, 0.3) is 5.91 Å². The Kier molecular flexibility index (Phi) is 6.32. The smallest absolute Gasteiger partial charge is 0.254 e. The van der Waals surface area contributed by atoms with Gasteiger partial charge in [0.2, 0.25) is 0 Å². The van der Waals surface area contributed by atoms with Gasteiger partial charge in [-0.2, -0.15) is 16.4 Å². The maximum Gasteiger partial charge on any atom is 0.254 e. The van der Waals surface area contributed by atoms with E-state index in [2.05, 4.69) is 10.1 Å². The molecular formula is C23H22N4O2S. The summed E-state index contributed by atoms with van der Waals surface area (Å²) in [6.07, 6.45) is 2.43. The largest absolute Gasteiger partial charge is 0.387 e. The quantitative estimate of drug-likeness (QED) is 0.473. The average Bonchev–Trinajstić information content (AvgIpc) is 3.48. The molecule has 0 aliphatic carbocycles. The van der Waals surface area contributed by atoms with E-state index in [0.717, 1.165) is 16.7 Å². The maximum atomic E-state index is 13.3. The molecule has 0 saturated heterocycles. The predicted molar refractivity (Wildman–Crippen MR) is 116 cm³/mol. The first-order valence-corrected chi connectivity index (χ1v) is 10.6. The summed E-state index contributed by atoms with van der Waals surface area (Å²) in [4.78, 5) is 18.9. The maximum absolute atomic E-state index is 13.3. The Morgan fingerprint density at radius 1 is 1.07 bits per heavy atom. The number of hydrogen-bond donors (Lipinski definition) is 1. The van der Waals surface area contributed by atoms with Crippen molar-refractivity contribution in [3.05, 3.63) is 106 Å². The summed E-state index contributed by atoms with van der Waals surface area (Å²) in [6.45, 7) is 1.26. The van der Waals surface area contributed by atoms with Crippen molar-refractivity contribution in [2.45, 2.75) is 19.2 Å². The Morgan fingerprint density at radius 2 is 1.87 bits per heavy atom. The summed E-state index contributed by atoms with van der Waals surface area (Å²) in [7, 11) is 0. The van der Waals surface area contributed by atoms with E-state index in [4.69, 9.17) is 0 Å². The molecule has 30 heavy (non-hydrogen) atoms. The molecule has 152 valence electrons. The van der Waals surface area contributed by atoms with Crippen LogP contribution in [0.5, 0.6) is 0 Å². The van der Waals surface area contributed by atoms with Crippen LogP contribution in [0.1, 0.15) is 33.2 Å². The number of thiophene rings is 1. The minimum atomic E-state index is -0.726. The summed E-state index contributed by atoms with van der Waals surface area (Å²) in [5, 5.41) is 18.6. The molecule has 0 fully saturated rings. The molecule has 7 heteroatoms. The standard InChI is InChI=1S/C23H22N4O2S/c28-22(21-10-11-30-15-21)14-26(12-18-4-2-1-3-5-18)23(29)20-8-6-19(7-9-20)13-27-17-24-16-25-27/h1-11,15-17,22,28H,12-14H2/t22-/m0/s1. The number of hydrogen-bond acceptors (Lipinski definition) is 5. The third-order valence-corrected chi connectivity index (χ3v) is 5.54. The molecule has 0 unspecified atom stereocenters. The second-order valence-corrected chi connectivity index (χ2v) is 7.81. The van der Waals surface area contributed by atoms with Gasteiger partial charge < -0.3 is 10.0 Å². The Bertz CT molecular complexity index is 1050. The monoisotopic (exact) mass is 418 g/mol. The predicted octanol–water partition coefficient (Wildman–Crippen LogP) is 3.76. The molecule has 1 amide bonds. The average molecular weight is 419 g/mol. The van der Waals surface area contributed by atoms with E-state index in [1.165, 1.54) is 17.7 Å². The van der Waals surface area contributed by atoms with Crippen molar-refractivity contribution >= 4 is 17.2 Å². The van der Waals surface area contributed by atoms with E-state index in [1.54, 1.807) is 15.9 Å². The van der Waals surface area contributed by atoms with E-state index in [1.807, 2.05) is 71.4 Å². The van der Waals surface area contributed by atoms with E-state index in [0.29, 0.717) is 18.7 Å². The highest BCUT2D eigenvalue weighted by atomic mass is 32.1. The molecule has 1 N–H and O–H groups in total. The van der Waals surface area contributed by atoms with Crippen molar-refractivity contribution < 1.29 is 9.90 Å². The third kappa shape index (κ3) is 5.00. The van der Waals surface area contributed by atoms with E-state index >= 15 is 0 Å². The second kappa shape index (κ2) is 9.47. The van der Waals surface area contributed by atoms with Crippen LogP contribution in [0.15, 0.2) is 84.1 Å². The number of aromatic nitrogens is 3. The van der Waals surface area contributed by atoms with E-state index in [9.17, 15) is 9.90 Å². The number of carbonyl (C=O) groups excluding carboxylic acids is 1. The van der Waals surface area contributed by atoms with Crippen LogP contribution in [0.2, 0.25) is 0 Å². The first-order chi connectivity index (χ1) is 14.7. The lowest BCUT2D eigenvalue weighted by atomic mass is 10.1. The summed E-state index contributed by atoms with van der Waals surface area (Å²) in [5.74, 6) is -0.111. The van der Waals surface area contributed by atoms with Crippen LogP contribution in [0.25, 0.3) is 0 Å². The molecule has 0 aliphatic rings. The van der Waals surface area contributed by atoms with Crippen LogP contribution in [0, 0.1) is 0 Å². The minimum Gasteiger partial charge on any atom is -0.387 e. The van der Waals surface area contributed by atoms with Gasteiger partial charge in [-0.3, -0.25) is 4.79 Å². The number of amides is 1. The lowest BCUT2D eigenvalue weighted by Crippen LogP contribution is -2.34. The molecule has 2 aromatic carbocycles. The molecular weight excluding hydrogens is 396 g/mol. The topological polar surface area (TPSA) is 71.2 Å². The molecule has 0 saturated carbocycles. The second-order valence-electron chi connectivity index (χ2n) is 7.03. The van der Waals surface area contributed by atoms with Gasteiger partial charge in [0.05, 0.1) is 19.2 Å². The van der Waals surface area contributed by atoms with Crippen molar-refractivity contribution in [2.24, 2.45) is 0 Å². The highest BCUT2D eigenvalue weighted by molar-refractivity contribution is 7.07. The molecule has 6 nitrogen and oxygen atoms in total. The molecule has 1 atom stereocenters. The summed E-state index contributed by atoms with van der Waals surface area (Å²) < 4.78 is 1.73. The lowest BCUT2D eigenvalue weighted by molar-refractivity contribution is 0.0604. The highest BCUT2D eigenvalue weighted by Crippen LogP contribution is 2.20. The Hall–Kier alpha value is -3.29.